The molecule has 2 aromatic rings. The van der Waals surface area contributed by atoms with Crippen LogP contribution in [0.4, 0.5) is 0 Å². The van der Waals surface area contributed by atoms with Gasteiger partial charge in [0.25, 0.3) is 0 Å². The standard InChI is InChI=1S/C10H9Cl2N3/c1-6-9(12)10(15(2)14-6)7-3-4-8(11)13-5-7/h3-5H,1-2H3. The number of aromatic nitrogens is 3. The number of hydrogen-bond donors (Lipinski definition) is 0. The van der Waals surface area contributed by atoms with Gasteiger partial charge in [0.15, 0.2) is 0 Å². The number of aryl methyl sites for hydroxylation is 2. The monoisotopic (exact) mass is 241 g/mol. The quantitative estimate of drug-likeness (QED) is 0.719. The second-order valence-corrected chi connectivity index (χ2v) is 4.01. The minimum Gasteiger partial charge on any atom is -0.266 e. The maximum absolute atomic E-state index is 6.14. The highest BCUT2D eigenvalue weighted by Crippen LogP contribution is 2.29. The number of halogens is 2. The molecule has 0 aromatic carbocycles. The zero-order valence-electron chi connectivity index (χ0n) is 8.33. The summed E-state index contributed by atoms with van der Waals surface area (Å²) in [5.74, 6) is 0. The van der Waals surface area contributed by atoms with Gasteiger partial charge in [-0.25, -0.2) is 4.98 Å². The minimum absolute atomic E-state index is 0.466. The molecule has 15 heavy (non-hydrogen) atoms. The number of rotatable bonds is 1. The molecule has 0 amide bonds. The van der Waals surface area contributed by atoms with E-state index in [1.54, 1.807) is 16.9 Å². The SMILES string of the molecule is Cc1nn(C)c(-c2ccc(Cl)nc2)c1Cl. The van der Waals surface area contributed by atoms with Gasteiger partial charge in [0.05, 0.1) is 16.4 Å². The summed E-state index contributed by atoms with van der Waals surface area (Å²) in [5, 5.41) is 5.35. The van der Waals surface area contributed by atoms with Crippen molar-refractivity contribution in [3.8, 4) is 11.3 Å². The van der Waals surface area contributed by atoms with E-state index in [1.807, 2.05) is 20.0 Å². The molecule has 0 aliphatic rings. The Hall–Kier alpha value is -1.06. The van der Waals surface area contributed by atoms with Crippen LogP contribution in [0.2, 0.25) is 10.2 Å². The first-order valence-electron chi connectivity index (χ1n) is 4.40. The average molecular weight is 242 g/mol. The van der Waals surface area contributed by atoms with Crippen LogP contribution in [-0.4, -0.2) is 14.8 Å². The molecule has 78 valence electrons. The molecule has 0 aliphatic carbocycles. The van der Waals surface area contributed by atoms with Crippen LogP contribution in [0.25, 0.3) is 11.3 Å². The van der Waals surface area contributed by atoms with Gasteiger partial charge in [-0.1, -0.05) is 23.2 Å². The fourth-order valence-corrected chi connectivity index (χ4v) is 1.84. The van der Waals surface area contributed by atoms with Crippen LogP contribution >= 0.6 is 23.2 Å². The van der Waals surface area contributed by atoms with E-state index in [0.29, 0.717) is 10.2 Å². The van der Waals surface area contributed by atoms with E-state index in [2.05, 4.69) is 10.1 Å². The first kappa shape index (κ1) is 10.5. The molecular weight excluding hydrogens is 233 g/mol. The summed E-state index contributed by atoms with van der Waals surface area (Å²) in [6.45, 7) is 1.87. The molecule has 0 fully saturated rings. The molecule has 0 radical (unpaired) electrons. The summed E-state index contributed by atoms with van der Waals surface area (Å²) in [4.78, 5) is 4.01. The Kier molecular flexibility index (Phi) is 2.67. The van der Waals surface area contributed by atoms with E-state index >= 15 is 0 Å². The lowest BCUT2D eigenvalue weighted by Crippen LogP contribution is -1.94. The summed E-state index contributed by atoms with van der Waals surface area (Å²) < 4.78 is 1.74. The van der Waals surface area contributed by atoms with Crippen molar-refractivity contribution >= 4 is 23.2 Å². The zero-order chi connectivity index (χ0) is 11.0. The molecule has 0 spiro atoms. The molecule has 0 N–H and O–H groups in total. The molecule has 0 aliphatic heterocycles. The van der Waals surface area contributed by atoms with Gasteiger partial charge >= 0.3 is 0 Å². The molecular formula is C10H9Cl2N3. The van der Waals surface area contributed by atoms with Crippen molar-refractivity contribution in [2.75, 3.05) is 0 Å². The summed E-state index contributed by atoms with van der Waals surface area (Å²) in [5.41, 5.74) is 2.58. The number of pyridine rings is 1. The van der Waals surface area contributed by atoms with Crippen LogP contribution in [0, 0.1) is 6.92 Å². The van der Waals surface area contributed by atoms with Crippen LogP contribution in [0.1, 0.15) is 5.69 Å². The Bertz CT molecular complexity index is 488. The van der Waals surface area contributed by atoms with Gasteiger partial charge < -0.3 is 0 Å². The Morgan fingerprint density at radius 2 is 2.00 bits per heavy atom. The summed E-state index contributed by atoms with van der Waals surface area (Å²) in [6, 6.07) is 3.60. The van der Waals surface area contributed by atoms with Crippen molar-refractivity contribution in [3.63, 3.8) is 0 Å². The zero-order valence-corrected chi connectivity index (χ0v) is 9.84. The van der Waals surface area contributed by atoms with Gasteiger partial charge in [0.2, 0.25) is 0 Å². The van der Waals surface area contributed by atoms with E-state index < -0.39 is 0 Å². The van der Waals surface area contributed by atoms with Crippen molar-refractivity contribution in [3.05, 3.63) is 34.2 Å². The highest BCUT2D eigenvalue weighted by molar-refractivity contribution is 6.33. The third-order valence-corrected chi connectivity index (χ3v) is 2.83. The normalized spacial score (nSPS) is 10.7. The summed E-state index contributed by atoms with van der Waals surface area (Å²) in [6.07, 6.45) is 1.69. The molecule has 0 atom stereocenters. The van der Waals surface area contributed by atoms with Crippen molar-refractivity contribution in [2.45, 2.75) is 6.92 Å². The van der Waals surface area contributed by atoms with Gasteiger partial charge in [0, 0.05) is 18.8 Å². The molecule has 2 aromatic heterocycles. The number of nitrogens with zero attached hydrogens (tertiary/aromatic N) is 3. The Morgan fingerprint density at radius 3 is 2.47 bits per heavy atom. The Labute approximate surface area is 97.7 Å². The average Bonchev–Trinajstić information content (AvgIpc) is 2.44. The Balaban J connectivity index is 2.58. The van der Waals surface area contributed by atoms with Gasteiger partial charge in [-0.05, 0) is 19.1 Å². The van der Waals surface area contributed by atoms with Crippen LogP contribution in [0.15, 0.2) is 18.3 Å². The Morgan fingerprint density at radius 1 is 1.27 bits per heavy atom. The minimum atomic E-state index is 0.466. The fourth-order valence-electron chi connectivity index (χ4n) is 1.46. The molecule has 3 nitrogen and oxygen atoms in total. The largest absolute Gasteiger partial charge is 0.266 e. The molecule has 0 saturated heterocycles. The second kappa shape index (κ2) is 3.83. The van der Waals surface area contributed by atoms with Crippen LogP contribution in [0.5, 0.6) is 0 Å². The molecule has 2 rings (SSSR count). The van der Waals surface area contributed by atoms with E-state index in [4.69, 9.17) is 23.2 Å². The second-order valence-electron chi connectivity index (χ2n) is 3.24. The maximum atomic E-state index is 6.14. The third kappa shape index (κ3) is 1.85. The third-order valence-electron chi connectivity index (χ3n) is 2.15. The first-order chi connectivity index (χ1) is 7.09. The fraction of sp³-hybridized carbons (Fsp3) is 0.200. The maximum Gasteiger partial charge on any atom is 0.129 e. The van der Waals surface area contributed by atoms with Crippen LogP contribution in [0.3, 0.4) is 0 Å². The predicted molar refractivity (Wildman–Crippen MR) is 61.2 cm³/mol. The van der Waals surface area contributed by atoms with Crippen LogP contribution < -0.4 is 0 Å². The van der Waals surface area contributed by atoms with E-state index in [9.17, 15) is 0 Å². The lowest BCUT2D eigenvalue weighted by atomic mass is 10.2. The summed E-state index contributed by atoms with van der Waals surface area (Å²) in [7, 11) is 1.85. The lowest BCUT2D eigenvalue weighted by Gasteiger charge is -2.02. The van der Waals surface area contributed by atoms with E-state index in [-0.39, 0.29) is 0 Å². The molecule has 0 saturated carbocycles. The van der Waals surface area contributed by atoms with Gasteiger partial charge in [0.1, 0.15) is 5.15 Å². The van der Waals surface area contributed by atoms with E-state index in [0.717, 1.165) is 17.0 Å². The highest BCUT2D eigenvalue weighted by Gasteiger charge is 2.12. The van der Waals surface area contributed by atoms with Crippen molar-refractivity contribution in [1.82, 2.24) is 14.8 Å². The predicted octanol–water partition coefficient (Wildman–Crippen LogP) is 3.10. The molecule has 5 heteroatoms. The summed E-state index contributed by atoms with van der Waals surface area (Å²) >= 11 is 11.9. The molecule has 2 heterocycles. The lowest BCUT2D eigenvalue weighted by molar-refractivity contribution is 0.764. The first-order valence-corrected chi connectivity index (χ1v) is 5.16. The van der Waals surface area contributed by atoms with E-state index in [1.165, 1.54) is 0 Å². The van der Waals surface area contributed by atoms with Crippen molar-refractivity contribution in [2.24, 2.45) is 7.05 Å². The van der Waals surface area contributed by atoms with Gasteiger partial charge in [-0.15, -0.1) is 0 Å². The van der Waals surface area contributed by atoms with Gasteiger partial charge in [-0.2, -0.15) is 5.10 Å². The molecule has 0 unspecified atom stereocenters. The van der Waals surface area contributed by atoms with Gasteiger partial charge in [-0.3, -0.25) is 4.68 Å². The highest BCUT2D eigenvalue weighted by atomic mass is 35.5. The van der Waals surface area contributed by atoms with Crippen molar-refractivity contribution < 1.29 is 0 Å². The smallest absolute Gasteiger partial charge is 0.129 e. The van der Waals surface area contributed by atoms with Crippen molar-refractivity contribution in [1.29, 1.82) is 0 Å². The number of hydrogen-bond acceptors (Lipinski definition) is 2. The molecule has 0 bridgehead atoms. The van der Waals surface area contributed by atoms with Crippen LogP contribution in [-0.2, 0) is 7.05 Å². The topological polar surface area (TPSA) is 30.7 Å².